The molecule has 0 saturated heterocycles. The molecule has 0 spiro atoms. The van der Waals surface area contributed by atoms with Gasteiger partial charge in [0, 0.05) is 0 Å². The van der Waals surface area contributed by atoms with Crippen molar-refractivity contribution < 1.29 is 9.13 Å². The largest absolute Gasteiger partial charge is 0.454 e. The number of rotatable bonds is 2. The average molecular weight is 282 g/mol. The molecule has 2 rings (SSSR count). The van der Waals surface area contributed by atoms with E-state index in [0.717, 1.165) is 6.07 Å². The zero-order valence-corrected chi connectivity index (χ0v) is 10.5. The summed E-state index contributed by atoms with van der Waals surface area (Å²) in [6.45, 7) is 0. The Hall–Kier alpha value is -1.76. The number of hydrogen-bond acceptors (Lipinski definition) is 2. The van der Waals surface area contributed by atoms with Crippen LogP contribution in [0.15, 0.2) is 36.4 Å². The second kappa shape index (κ2) is 5.26. The Morgan fingerprint density at radius 2 is 1.61 bits per heavy atom. The SMILES string of the molecule is N#Cc1ccc(Oc2ccc(F)cc2Cl)c(Cl)c1. The molecule has 0 unspecified atom stereocenters. The fraction of sp³-hybridized carbons (Fsp3) is 0. The monoisotopic (exact) mass is 281 g/mol. The van der Waals surface area contributed by atoms with Gasteiger partial charge in [0.05, 0.1) is 21.7 Å². The molecular weight excluding hydrogens is 276 g/mol. The number of halogens is 3. The first-order valence-electron chi connectivity index (χ1n) is 4.92. The molecular formula is C13H6Cl2FNO. The third-order valence-electron chi connectivity index (χ3n) is 2.17. The van der Waals surface area contributed by atoms with E-state index in [-0.39, 0.29) is 10.0 Å². The van der Waals surface area contributed by atoms with Crippen LogP contribution in [0.2, 0.25) is 10.0 Å². The maximum absolute atomic E-state index is 12.9. The van der Waals surface area contributed by atoms with E-state index in [2.05, 4.69) is 0 Å². The molecule has 0 aliphatic carbocycles. The van der Waals surface area contributed by atoms with Gasteiger partial charge >= 0.3 is 0 Å². The Balaban J connectivity index is 2.32. The van der Waals surface area contributed by atoms with Gasteiger partial charge in [-0.2, -0.15) is 5.26 Å². The molecule has 18 heavy (non-hydrogen) atoms. The van der Waals surface area contributed by atoms with Crippen molar-refractivity contribution in [2.75, 3.05) is 0 Å². The van der Waals surface area contributed by atoms with Gasteiger partial charge in [0.1, 0.15) is 17.3 Å². The summed E-state index contributed by atoms with van der Waals surface area (Å²) in [6, 6.07) is 10.4. The molecule has 0 saturated carbocycles. The molecule has 90 valence electrons. The predicted molar refractivity (Wildman–Crippen MR) is 67.7 cm³/mol. The first-order chi connectivity index (χ1) is 8.60. The van der Waals surface area contributed by atoms with Gasteiger partial charge in [0.25, 0.3) is 0 Å². The Morgan fingerprint density at radius 1 is 1.00 bits per heavy atom. The number of benzene rings is 2. The van der Waals surface area contributed by atoms with E-state index in [1.807, 2.05) is 6.07 Å². The summed E-state index contributed by atoms with van der Waals surface area (Å²) in [7, 11) is 0. The number of nitriles is 1. The van der Waals surface area contributed by atoms with Crippen LogP contribution in [0.3, 0.4) is 0 Å². The first kappa shape index (κ1) is 12.7. The highest BCUT2D eigenvalue weighted by Crippen LogP contribution is 2.34. The van der Waals surface area contributed by atoms with Crippen LogP contribution in [0.25, 0.3) is 0 Å². The Labute approximate surface area is 113 Å². The predicted octanol–water partition coefficient (Wildman–Crippen LogP) is 4.80. The van der Waals surface area contributed by atoms with Gasteiger partial charge in [0.15, 0.2) is 0 Å². The van der Waals surface area contributed by atoms with Gasteiger partial charge in [0.2, 0.25) is 0 Å². The molecule has 2 nitrogen and oxygen atoms in total. The molecule has 0 heterocycles. The summed E-state index contributed by atoms with van der Waals surface area (Å²) in [4.78, 5) is 0. The van der Waals surface area contributed by atoms with Crippen LogP contribution in [0.1, 0.15) is 5.56 Å². The van der Waals surface area contributed by atoms with Crippen molar-refractivity contribution in [3.63, 3.8) is 0 Å². The van der Waals surface area contributed by atoms with Crippen molar-refractivity contribution >= 4 is 23.2 Å². The van der Waals surface area contributed by atoms with Gasteiger partial charge in [-0.3, -0.25) is 0 Å². The van der Waals surface area contributed by atoms with Crippen LogP contribution in [-0.2, 0) is 0 Å². The molecule has 0 radical (unpaired) electrons. The lowest BCUT2D eigenvalue weighted by atomic mass is 10.2. The molecule has 2 aromatic carbocycles. The van der Waals surface area contributed by atoms with Gasteiger partial charge < -0.3 is 4.74 Å². The summed E-state index contributed by atoms with van der Waals surface area (Å²) in [5, 5.41) is 9.14. The third kappa shape index (κ3) is 2.73. The second-order valence-electron chi connectivity index (χ2n) is 3.43. The molecule has 0 N–H and O–H groups in total. The van der Waals surface area contributed by atoms with E-state index in [1.54, 1.807) is 12.1 Å². The van der Waals surface area contributed by atoms with Crippen LogP contribution < -0.4 is 4.74 Å². The van der Waals surface area contributed by atoms with E-state index in [9.17, 15) is 4.39 Å². The lowest BCUT2D eigenvalue weighted by Gasteiger charge is -2.09. The van der Waals surface area contributed by atoms with Gasteiger partial charge in [-0.25, -0.2) is 4.39 Å². The van der Waals surface area contributed by atoms with Crippen LogP contribution in [0, 0.1) is 17.1 Å². The molecule has 0 bridgehead atoms. The zero-order valence-electron chi connectivity index (χ0n) is 8.95. The van der Waals surface area contributed by atoms with Gasteiger partial charge in [-0.05, 0) is 36.4 Å². The summed E-state index contributed by atoms with van der Waals surface area (Å²) in [5.74, 6) is 0.201. The van der Waals surface area contributed by atoms with E-state index in [0.29, 0.717) is 17.1 Å². The van der Waals surface area contributed by atoms with E-state index in [4.69, 9.17) is 33.2 Å². The van der Waals surface area contributed by atoms with Crippen molar-refractivity contribution in [2.45, 2.75) is 0 Å². The van der Waals surface area contributed by atoms with Crippen LogP contribution in [0.4, 0.5) is 4.39 Å². The summed E-state index contributed by atoms with van der Waals surface area (Å²) < 4.78 is 18.3. The maximum atomic E-state index is 12.9. The lowest BCUT2D eigenvalue weighted by Crippen LogP contribution is -1.88. The summed E-state index contributed by atoms with van der Waals surface area (Å²) in [5.41, 5.74) is 0.428. The Kier molecular flexibility index (Phi) is 3.71. The third-order valence-corrected chi connectivity index (χ3v) is 2.77. The van der Waals surface area contributed by atoms with E-state index < -0.39 is 5.82 Å². The van der Waals surface area contributed by atoms with E-state index >= 15 is 0 Å². The van der Waals surface area contributed by atoms with Gasteiger partial charge in [-0.15, -0.1) is 0 Å². The second-order valence-corrected chi connectivity index (χ2v) is 4.25. The highest BCUT2D eigenvalue weighted by molar-refractivity contribution is 6.33. The Bertz CT molecular complexity index is 637. The zero-order chi connectivity index (χ0) is 13.1. The summed E-state index contributed by atoms with van der Waals surface area (Å²) >= 11 is 11.8. The minimum absolute atomic E-state index is 0.149. The fourth-order valence-corrected chi connectivity index (χ4v) is 1.75. The van der Waals surface area contributed by atoms with Crippen molar-refractivity contribution in [3.8, 4) is 17.6 Å². The van der Waals surface area contributed by atoms with Gasteiger partial charge in [-0.1, -0.05) is 23.2 Å². The number of hydrogen-bond donors (Lipinski definition) is 0. The first-order valence-corrected chi connectivity index (χ1v) is 5.68. The molecule has 2 aromatic rings. The van der Waals surface area contributed by atoms with Crippen molar-refractivity contribution in [1.29, 1.82) is 5.26 Å². The molecule has 0 atom stereocenters. The van der Waals surface area contributed by atoms with Crippen molar-refractivity contribution in [3.05, 3.63) is 57.8 Å². The van der Waals surface area contributed by atoms with Crippen molar-refractivity contribution in [1.82, 2.24) is 0 Å². The van der Waals surface area contributed by atoms with Crippen molar-refractivity contribution in [2.24, 2.45) is 0 Å². The molecule has 0 aliphatic rings. The topological polar surface area (TPSA) is 33.0 Å². The minimum atomic E-state index is -0.446. The fourth-order valence-electron chi connectivity index (χ4n) is 1.33. The number of nitrogens with zero attached hydrogens (tertiary/aromatic N) is 1. The van der Waals surface area contributed by atoms with E-state index in [1.165, 1.54) is 18.2 Å². The molecule has 0 aliphatic heterocycles. The summed E-state index contributed by atoms with van der Waals surface area (Å²) in [6.07, 6.45) is 0. The standard InChI is InChI=1S/C13H6Cl2FNO/c14-10-5-8(7-17)1-3-12(10)18-13-4-2-9(16)6-11(13)15/h1-6H. The smallest absolute Gasteiger partial charge is 0.146 e. The molecule has 0 fully saturated rings. The molecule has 0 aromatic heterocycles. The molecule has 0 amide bonds. The van der Waals surface area contributed by atoms with Crippen LogP contribution >= 0.6 is 23.2 Å². The van der Waals surface area contributed by atoms with Crippen LogP contribution in [-0.4, -0.2) is 0 Å². The quantitative estimate of drug-likeness (QED) is 0.792. The highest BCUT2D eigenvalue weighted by Gasteiger charge is 2.08. The Morgan fingerprint density at radius 3 is 2.17 bits per heavy atom. The van der Waals surface area contributed by atoms with Crippen LogP contribution in [0.5, 0.6) is 11.5 Å². The molecule has 5 heteroatoms. The average Bonchev–Trinajstić information content (AvgIpc) is 2.34. The minimum Gasteiger partial charge on any atom is -0.454 e. The highest BCUT2D eigenvalue weighted by atomic mass is 35.5. The normalized spacial score (nSPS) is 9.89. The number of ether oxygens (including phenoxy) is 1. The maximum Gasteiger partial charge on any atom is 0.146 e. The lowest BCUT2D eigenvalue weighted by molar-refractivity contribution is 0.481.